The molecule has 2 aromatic carbocycles. The quantitative estimate of drug-likeness (QED) is 0.783. The van der Waals surface area contributed by atoms with E-state index in [1.807, 2.05) is 36.4 Å². The molecule has 0 saturated carbocycles. The highest BCUT2D eigenvalue weighted by Crippen LogP contribution is 2.44. The standard InChI is InChI=1S/C20H22F3NO4/c1-3-27-18(25)19(26,20(21,22)23)16-10-11-28-17(16)24(2)15-9-8-13-6-4-5-7-14(13)12-15/h4-9,12,16-17,26H,3,10-11H2,1-2H3/t16-,17-,19+/m1/s1. The smallest absolute Gasteiger partial charge is 0.428 e. The Kier molecular flexibility index (Phi) is 5.54. The molecule has 0 spiro atoms. The van der Waals surface area contributed by atoms with E-state index in [-0.39, 0.29) is 19.6 Å². The van der Waals surface area contributed by atoms with E-state index in [2.05, 4.69) is 4.74 Å². The largest absolute Gasteiger partial charge is 0.464 e. The number of hydrogen-bond donors (Lipinski definition) is 1. The van der Waals surface area contributed by atoms with E-state index >= 15 is 0 Å². The molecule has 0 bridgehead atoms. The lowest BCUT2D eigenvalue weighted by molar-refractivity contribution is -0.282. The molecule has 3 rings (SSSR count). The number of rotatable bonds is 5. The highest BCUT2D eigenvalue weighted by atomic mass is 19.4. The lowest BCUT2D eigenvalue weighted by atomic mass is 9.83. The van der Waals surface area contributed by atoms with Gasteiger partial charge in [-0.3, -0.25) is 0 Å². The normalized spacial score (nSPS) is 22.1. The Morgan fingerprint density at radius 1 is 1.25 bits per heavy atom. The third kappa shape index (κ3) is 3.42. The van der Waals surface area contributed by atoms with Crippen LogP contribution in [0.3, 0.4) is 0 Å². The Balaban J connectivity index is 1.96. The summed E-state index contributed by atoms with van der Waals surface area (Å²) < 4.78 is 51.3. The van der Waals surface area contributed by atoms with Gasteiger partial charge in [-0.25, -0.2) is 4.79 Å². The van der Waals surface area contributed by atoms with Gasteiger partial charge in [0.1, 0.15) is 6.23 Å². The van der Waals surface area contributed by atoms with Gasteiger partial charge in [0, 0.05) is 19.3 Å². The summed E-state index contributed by atoms with van der Waals surface area (Å²) in [6, 6.07) is 13.0. The Bertz CT molecular complexity index is 857. The molecule has 2 aromatic rings. The number of halogens is 3. The van der Waals surface area contributed by atoms with Crippen molar-refractivity contribution in [1.82, 2.24) is 0 Å². The van der Waals surface area contributed by atoms with Crippen molar-refractivity contribution in [2.24, 2.45) is 5.92 Å². The number of nitrogens with zero attached hydrogens (tertiary/aromatic N) is 1. The first kappa shape index (κ1) is 20.4. The molecule has 1 saturated heterocycles. The fourth-order valence-corrected chi connectivity index (χ4v) is 3.63. The Hall–Kier alpha value is -2.32. The van der Waals surface area contributed by atoms with Crippen molar-refractivity contribution in [3.63, 3.8) is 0 Å². The first-order chi connectivity index (χ1) is 13.2. The van der Waals surface area contributed by atoms with Crippen molar-refractivity contribution >= 4 is 22.4 Å². The van der Waals surface area contributed by atoms with Crippen LogP contribution in [0.15, 0.2) is 42.5 Å². The van der Waals surface area contributed by atoms with Crippen molar-refractivity contribution in [3.05, 3.63) is 42.5 Å². The van der Waals surface area contributed by atoms with Crippen LogP contribution in [0.2, 0.25) is 0 Å². The van der Waals surface area contributed by atoms with Gasteiger partial charge >= 0.3 is 12.1 Å². The molecule has 1 N–H and O–H groups in total. The molecule has 0 unspecified atom stereocenters. The molecule has 8 heteroatoms. The number of fused-ring (bicyclic) bond motifs is 1. The van der Waals surface area contributed by atoms with E-state index in [0.717, 1.165) is 10.8 Å². The summed E-state index contributed by atoms with van der Waals surface area (Å²) in [5.74, 6) is -3.22. The van der Waals surface area contributed by atoms with Crippen molar-refractivity contribution in [2.45, 2.75) is 31.3 Å². The maximum Gasteiger partial charge on any atom is 0.428 e. The average Bonchev–Trinajstić information content (AvgIpc) is 3.15. The lowest BCUT2D eigenvalue weighted by Crippen LogP contribution is -2.62. The van der Waals surface area contributed by atoms with Crippen LogP contribution >= 0.6 is 0 Å². The Morgan fingerprint density at radius 3 is 2.57 bits per heavy atom. The molecule has 3 atom stereocenters. The number of alkyl halides is 3. The molecule has 1 aliphatic heterocycles. The average molecular weight is 397 g/mol. The van der Waals surface area contributed by atoms with E-state index in [4.69, 9.17) is 4.74 Å². The first-order valence-electron chi connectivity index (χ1n) is 8.99. The third-order valence-electron chi connectivity index (χ3n) is 5.14. The molecule has 1 fully saturated rings. The minimum absolute atomic E-state index is 0.00888. The fourth-order valence-electron chi connectivity index (χ4n) is 3.63. The van der Waals surface area contributed by atoms with E-state index in [1.165, 1.54) is 11.8 Å². The van der Waals surface area contributed by atoms with E-state index in [1.54, 1.807) is 13.1 Å². The number of carbonyl (C=O) groups excluding carboxylic acids is 1. The van der Waals surface area contributed by atoms with E-state index < -0.39 is 29.9 Å². The summed E-state index contributed by atoms with van der Waals surface area (Å²) in [4.78, 5) is 13.6. The maximum absolute atomic E-state index is 13.8. The number of esters is 1. The highest BCUT2D eigenvalue weighted by molar-refractivity contribution is 5.86. The molecule has 1 aliphatic rings. The summed E-state index contributed by atoms with van der Waals surface area (Å²) in [6.07, 6.45) is -6.46. The van der Waals surface area contributed by atoms with Crippen LogP contribution < -0.4 is 4.90 Å². The van der Waals surface area contributed by atoms with Gasteiger partial charge in [0.15, 0.2) is 0 Å². The number of hydrogen-bond acceptors (Lipinski definition) is 5. The second kappa shape index (κ2) is 7.60. The maximum atomic E-state index is 13.8. The molecule has 1 heterocycles. The second-order valence-electron chi connectivity index (χ2n) is 6.78. The predicted molar refractivity (Wildman–Crippen MR) is 97.8 cm³/mol. The lowest BCUT2D eigenvalue weighted by Gasteiger charge is -2.39. The van der Waals surface area contributed by atoms with Gasteiger partial charge in [-0.05, 0) is 36.2 Å². The molecule has 0 aromatic heterocycles. The second-order valence-corrected chi connectivity index (χ2v) is 6.78. The minimum atomic E-state index is -5.19. The van der Waals surface area contributed by atoms with Crippen LogP contribution in [0.1, 0.15) is 13.3 Å². The summed E-state index contributed by atoms with van der Waals surface area (Å²) >= 11 is 0. The van der Waals surface area contributed by atoms with Gasteiger partial charge in [0.05, 0.1) is 12.5 Å². The van der Waals surface area contributed by atoms with Crippen molar-refractivity contribution in [1.29, 1.82) is 0 Å². The number of benzene rings is 2. The van der Waals surface area contributed by atoms with Crippen LogP contribution in [-0.2, 0) is 14.3 Å². The summed E-state index contributed by atoms with van der Waals surface area (Å²) in [7, 11) is 1.58. The van der Waals surface area contributed by atoms with Gasteiger partial charge in [0.25, 0.3) is 5.60 Å². The number of carbonyl (C=O) groups is 1. The SMILES string of the molecule is CCOC(=O)[C@@](O)([C@@H]1CCO[C@H]1N(C)c1ccc2ccccc2c1)C(F)(F)F. The van der Waals surface area contributed by atoms with E-state index in [9.17, 15) is 23.1 Å². The summed E-state index contributed by atoms with van der Waals surface area (Å²) in [6.45, 7) is 1.11. The molecule has 28 heavy (non-hydrogen) atoms. The van der Waals surface area contributed by atoms with Crippen LogP contribution in [0.4, 0.5) is 18.9 Å². The minimum Gasteiger partial charge on any atom is -0.464 e. The van der Waals surface area contributed by atoms with Crippen LogP contribution in [0, 0.1) is 5.92 Å². The third-order valence-corrected chi connectivity index (χ3v) is 5.14. The zero-order valence-corrected chi connectivity index (χ0v) is 15.6. The van der Waals surface area contributed by atoms with Gasteiger partial charge < -0.3 is 19.5 Å². The number of anilines is 1. The molecular formula is C20H22F3NO4. The molecule has 0 aliphatic carbocycles. The zero-order valence-electron chi connectivity index (χ0n) is 15.6. The van der Waals surface area contributed by atoms with Crippen molar-refractivity contribution in [3.8, 4) is 0 Å². The Morgan fingerprint density at radius 2 is 1.93 bits per heavy atom. The van der Waals surface area contributed by atoms with Crippen LogP contribution in [-0.4, -0.2) is 49.3 Å². The predicted octanol–water partition coefficient (Wildman–Crippen LogP) is 3.50. The summed E-state index contributed by atoms with van der Waals surface area (Å²) in [5, 5.41) is 12.4. The first-order valence-corrected chi connectivity index (χ1v) is 8.99. The van der Waals surface area contributed by atoms with Gasteiger partial charge in [0.2, 0.25) is 0 Å². The monoisotopic (exact) mass is 397 g/mol. The number of aliphatic hydroxyl groups is 1. The molecule has 152 valence electrons. The van der Waals surface area contributed by atoms with Gasteiger partial charge in [-0.2, -0.15) is 13.2 Å². The van der Waals surface area contributed by atoms with Crippen LogP contribution in [0.25, 0.3) is 10.8 Å². The van der Waals surface area contributed by atoms with Crippen molar-refractivity contribution < 1.29 is 32.5 Å². The van der Waals surface area contributed by atoms with Gasteiger partial charge in [-0.15, -0.1) is 0 Å². The van der Waals surface area contributed by atoms with E-state index in [0.29, 0.717) is 5.69 Å². The van der Waals surface area contributed by atoms with Crippen molar-refractivity contribution in [2.75, 3.05) is 25.2 Å². The molecular weight excluding hydrogens is 375 g/mol. The zero-order chi connectivity index (χ0) is 20.5. The van der Waals surface area contributed by atoms with Crippen LogP contribution in [0.5, 0.6) is 0 Å². The highest BCUT2D eigenvalue weighted by Gasteiger charge is 2.68. The molecule has 0 radical (unpaired) electrons. The molecule has 5 nitrogen and oxygen atoms in total. The number of ether oxygens (including phenoxy) is 2. The van der Waals surface area contributed by atoms with Gasteiger partial charge in [-0.1, -0.05) is 30.3 Å². The summed E-state index contributed by atoms with van der Waals surface area (Å²) in [5.41, 5.74) is -3.03. The topological polar surface area (TPSA) is 59.0 Å². The fraction of sp³-hybridized carbons (Fsp3) is 0.450. The Labute approximate surface area is 160 Å². The molecule has 0 amide bonds.